The first kappa shape index (κ1) is 11.1. The van der Waals surface area contributed by atoms with Gasteiger partial charge in [-0.2, -0.15) is 0 Å². The summed E-state index contributed by atoms with van der Waals surface area (Å²) >= 11 is 4.99. The van der Waals surface area contributed by atoms with Crippen LogP contribution in [-0.4, -0.2) is 23.7 Å². The van der Waals surface area contributed by atoms with E-state index in [1.807, 2.05) is 18.2 Å². The first-order chi connectivity index (χ1) is 6.75. The molecule has 0 aliphatic heterocycles. The van der Waals surface area contributed by atoms with Crippen molar-refractivity contribution in [1.82, 2.24) is 4.98 Å². The standard InChI is InChI=1S/C10H14N2OS/c1-13-7-5-8(10(11)14)9-4-2-3-6-12-9/h2-4,6,8H,5,7H2,1H3,(H2,11,14). The predicted molar refractivity (Wildman–Crippen MR) is 60.3 cm³/mol. The minimum Gasteiger partial charge on any atom is -0.393 e. The topological polar surface area (TPSA) is 48.1 Å². The molecular weight excluding hydrogens is 196 g/mol. The van der Waals surface area contributed by atoms with Crippen molar-refractivity contribution >= 4 is 17.2 Å². The molecule has 0 aromatic carbocycles. The van der Waals surface area contributed by atoms with Crippen LogP contribution in [0, 0.1) is 0 Å². The first-order valence-electron chi connectivity index (χ1n) is 4.45. The van der Waals surface area contributed by atoms with E-state index in [9.17, 15) is 0 Å². The summed E-state index contributed by atoms with van der Waals surface area (Å²) in [7, 11) is 1.66. The van der Waals surface area contributed by atoms with Crippen molar-refractivity contribution < 1.29 is 4.74 Å². The third-order valence-electron chi connectivity index (χ3n) is 2.00. The number of hydrogen-bond acceptors (Lipinski definition) is 3. The van der Waals surface area contributed by atoms with Gasteiger partial charge in [0.05, 0.1) is 16.6 Å². The van der Waals surface area contributed by atoms with Crippen LogP contribution < -0.4 is 5.73 Å². The maximum absolute atomic E-state index is 5.65. The van der Waals surface area contributed by atoms with Gasteiger partial charge in [-0.1, -0.05) is 18.3 Å². The zero-order valence-electron chi connectivity index (χ0n) is 8.14. The Bertz CT molecular complexity index is 289. The van der Waals surface area contributed by atoms with Crippen LogP contribution in [0.25, 0.3) is 0 Å². The van der Waals surface area contributed by atoms with E-state index < -0.39 is 0 Å². The summed E-state index contributed by atoms with van der Waals surface area (Å²) in [6, 6.07) is 5.73. The molecule has 76 valence electrons. The first-order valence-corrected chi connectivity index (χ1v) is 4.85. The van der Waals surface area contributed by atoms with Crippen LogP contribution >= 0.6 is 12.2 Å². The van der Waals surface area contributed by atoms with Gasteiger partial charge in [0.15, 0.2) is 0 Å². The Balaban J connectivity index is 2.73. The van der Waals surface area contributed by atoms with Gasteiger partial charge in [0.1, 0.15) is 0 Å². The summed E-state index contributed by atoms with van der Waals surface area (Å²) < 4.78 is 5.00. The van der Waals surface area contributed by atoms with Gasteiger partial charge in [0.2, 0.25) is 0 Å². The average molecular weight is 210 g/mol. The van der Waals surface area contributed by atoms with Gasteiger partial charge in [0, 0.05) is 19.9 Å². The van der Waals surface area contributed by atoms with Gasteiger partial charge < -0.3 is 10.5 Å². The summed E-state index contributed by atoms with van der Waals surface area (Å²) in [4.78, 5) is 4.70. The largest absolute Gasteiger partial charge is 0.393 e. The molecule has 0 saturated carbocycles. The van der Waals surface area contributed by atoms with Gasteiger partial charge in [-0.05, 0) is 18.6 Å². The summed E-state index contributed by atoms with van der Waals surface area (Å²) in [5, 5.41) is 0. The normalized spacial score (nSPS) is 12.4. The van der Waals surface area contributed by atoms with Crippen LogP contribution in [0.4, 0.5) is 0 Å². The number of aromatic nitrogens is 1. The maximum Gasteiger partial charge on any atom is 0.0820 e. The number of nitrogens with two attached hydrogens (primary N) is 1. The number of rotatable bonds is 5. The highest BCUT2D eigenvalue weighted by atomic mass is 32.1. The molecule has 1 aromatic rings. The van der Waals surface area contributed by atoms with Crippen LogP contribution in [0.3, 0.4) is 0 Å². The van der Waals surface area contributed by atoms with Crippen molar-refractivity contribution in [2.75, 3.05) is 13.7 Å². The molecule has 2 N–H and O–H groups in total. The highest BCUT2D eigenvalue weighted by Crippen LogP contribution is 2.17. The number of hydrogen-bond donors (Lipinski definition) is 1. The number of nitrogens with zero attached hydrogens (tertiary/aromatic N) is 1. The Morgan fingerprint density at radius 3 is 2.93 bits per heavy atom. The Kier molecular flexibility index (Phi) is 4.49. The molecule has 3 nitrogen and oxygen atoms in total. The van der Waals surface area contributed by atoms with Crippen molar-refractivity contribution in [2.24, 2.45) is 5.73 Å². The predicted octanol–water partition coefficient (Wildman–Crippen LogP) is 1.49. The van der Waals surface area contributed by atoms with Crippen molar-refractivity contribution in [2.45, 2.75) is 12.3 Å². The monoisotopic (exact) mass is 210 g/mol. The molecule has 0 aliphatic rings. The lowest BCUT2D eigenvalue weighted by atomic mass is 10.0. The molecule has 0 aliphatic carbocycles. The second-order valence-corrected chi connectivity index (χ2v) is 3.46. The third-order valence-corrected chi connectivity index (χ3v) is 2.28. The summed E-state index contributed by atoms with van der Waals surface area (Å²) in [5.74, 6) is 0.0196. The molecule has 0 bridgehead atoms. The van der Waals surface area contributed by atoms with E-state index in [1.165, 1.54) is 0 Å². The van der Waals surface area contributed by atoms with Crippen molar-refractivity contribution in [1.29, 1.82) is 0 Å². The zero-order valence-corrected chi connectivity index (χ0v) is 8.96. The highest BCUT2D eigenvalue weighted by molar-refractivity contribution is 7.80. The smallest absolute Gasteiger partial charge is 0.0820 e. The fraction of sp³-hybridized carbons (Fsp3) is 0.400. The van der Waals surface area contributed by atoms with E-state index in [4.69, 9.17) is 22.7 Å². The van der Waals surface area contributed by atoms with E-state index in [1.54, 1.807) is 13.3 Å². The molecule has 4 heteroatoms. The van der Waals surface area contributed by atoms with Crippen molar-refractivity contribution in [3.63, 3.8) is 0 Å². The Labute approximate surface area is 89.3 Å². The number of ether oxygens (including phenoxy) is 1. The van der Waals surface area contributed by atoms with Crippen LogP contribution in [0.2, 0.25) is 0 Å². The lowest BCUT2D eigenvalue weighted by Crippen LogP contribution is -2.21. The molecule has 1 aromatic heterocycles. The summed E-state index contributed by atoms with van der Waals surface area (Å²) in [5.41, 5.74) is 6.56. The molecule has 0 saturated heterocycles. The zero-order chi connectivity index (χ0) is 10.4. The lowest BCUT2D eigenvalue weighted by molar-refractivity contribution is 0.193. The molecule has 0 radical (unpaired) electrons. The molecule has 0 spiro atoms. The minimum absolute atomic E-state index is 0.0196. The fourth-order valence-electron chi connectivity index (χ4n) is 1.25. The fourth-order valence-corrected chi connectivity index (χ4v) is 1.49. The van der Waals surface area contributed by atoms with Gasteiger partial charge in [-0.25, -0.2) is 0 Å². The Morgan fingerprint density at radius 1 is 1.64 bits per heavy atom. The van der Waals surface area contributed by atoms with Crippen molar-refractivity contribution in [3.05, 3.63) is 30.1 Å². The third kappa shape index (κ3) is 3.05. The van der Waals surface area contributed by atoms with E-state index >= 15 is 0 Å². The molecule has 0 fully saturated rings. The van der Waals surface area contributed by atoms with E-state index in [0.717, 1.165) is 12.1 Å². The van der Waals surface area contributed by atoms with Gasteiger partial charge in [-0.15, -0.1) is 0 Å². The van der Waals surface area contributed by atoms with Gasteiger partial charge in [0.25, 0.3) is 0 Å². The van der Waals surface area contributed by atoms with Gasteiger partial charge >= 0.3 is 0 Å². The second kappa shape index (κ2) is 5.67. The van der Waals surface area contributed by atoms with Crippen LogP contribution in [0.15, 0.2) is 24.4 Å². The summed E-state index contributed by atoms with van der Waals surface area (Å²) in [6.07, 6.45) is 2.52. The molecule has 1 rings (SSSR count). The molecule has 0 amide bonds. The SMILES string of the molecule is COCCC(C(N)=S)c1ccccn1. The molecule has 1 heterocycles. The quantitative estimate of drug-likeness (QED) is 0.748. The lowest BCUT2D eigenvalue weighted by Gasteiger charge is -2.13. The number of pyridine rings is 1. The maximum atomic E-state index is 5.65. The number of thiocarbonyl (C=S) groups is 1. The average Bonchev–Trinajstić information content (AvgIpc) is 2.19. The molecule has 14 heavy (non-hydrogen) atoms. The van der Waals surface area contributed by atoms with E-state index in [2.05, 4.69) is 4.98 Å². The molecule has 1 unspecified atom stereocenters. The van der Waals surface area contributed by atoms with Crippen LogP contribution in [-0.2, 0) is 4.74 Å². The molecule has 1 atom stereocenters. The number of methoxy groups -OCH3 is 1. The van der Waals surface area contributed by atoms with E-state index in [-0.39, 0.29) is 5.92 Å². The van der Waals surface area contributed by atoms with Crippen LogP contribution in [0.5, 0.6) is 0 Å². The van der Waals surface area contributed by atoms with Crippen molar-refractivity contribution in [3.8, 4) is 0 Å². The Hall–Kier alpha value is -1.00. The molecular formula is C10H14N2OS. The minimum atomic E-state index is 0.0196. The highest BCUT2D eigenvalue weighted by Gasteiger charge is 2.14. The van der Waals surface area contributed by atoms with Gasteiger partial charge in [-0.3, -0.25) is 4.98 Å². The summed E-state index contributed by atoms with van der Waals surface area (Å²) in [6.45, 7) is 0.637. The van der Waals surface area contributed by atoms with E-state index in [0.29, 0.717) is 11.6 Å². The Morgan fingerprint density at radius 2 is 2.43 bits per heavy atom. The van der Waals surface area contributed by atoms with Crippen LogP contribution in [0.1, 0.15) is 18.0 Å². The second-order valence-electron chi connectivity index (χ2n) is 2.99.